The number of halogens is 1. The number of hydrogen-bond acceptors (Lipinski definition) is 4. The molecule has 1 aliphatic rings. The van der Waals surface area contributed by atoms with Gasteiger partial charge in [-0.05, 0) is 44.4 Å². The Kier molecular flexibility index (Phi) is 3.56. The van der Waals surface area contributed by atoms with E-state index in [-0.39, 0.29) is 6.04 Å². The van der Waals surface area contributed by atoms with Crippen LogP contribution in [0.1, 0.15) is 41.7 Å². The number of hydrogen-bond donors (Lipinski definition) is 1. The van der Waals surface area contributed by atoms with Gasteiger partial charge in [-0.15, -0.1) is 0 Å². The summed E-state index contributed by atoms with van der Waals surface area (Å²) in [7, 11) is 0. The minimum Gasteiger partial charge on any atom is -0.361 e. The minimum atomic E-state index is 0.164. The molecule has 21 heavy (non-hydrogen) atoms. The first-order chi connectivity index (χ1) is 10.1. The molecule has 0 saturated carbocycles. The number of nitriles is 1. The summed E-state index contributed by atoms with van der Waals surface area (Å²) >= 11 is 6.29. The lowest BCUT2D eigenvalue weighted by Gasteiger charge is -2.27. The van der Waals surface area contributed by atoms with Crippen molar-refractivity contribution in [3.8, 4) is 6.07 Å². The molecule has 108 valence electrons. The van der Waals surface area contributed by atoms with Crippen LogP contribution >= 0.6 is 11.6 Å². The smallest absolute Gasteiger partial charge is 0.173 e. The second-order valence-corrected chi connectivity index (χ2v) is 5.69. The molecule has 0 radical (unpaired) electrons. The Bertz CT molecular complexity index is 715. The van der Waals surface area contributed by atoms with E-state index in [2.05, 4.69) is 26.2 Å². The maximum absolute atomic E-state index is 9.06. The summed E-state index contributed by atoms with van der Waals surface area (Å²) in [5.41, 5.74) is 2.52. The Morgan fingerprint density at radius 3 is 2.90 bits per heavy atom. The first kappa shape index (κ1) is 13.9. The fourth-order valence-electron chi connectivity index (χ4n) is 2.90. The van der Waals surface area contributed by atoms with E-state index in [1.807, 2.05) is 19.9 Å². The van der Waals surface area contributed by atoms with E-state index in [9.17, 15) is 0 Å². The number of anilines is 1. The van der Waals surface area contributed by atoms with Gasteiger partial charge in [-0.3, -0.25) is 5.10 Å². The molecule has 2 heterocycles. The lowest BCUT2D eigenvalue weighted by atomic mass is 10.1. The van der Waals surface area contributed by atoms with Crippen LogP contribution < -0.4 is 4.90 Å². The zero-order valence-corrected chi connectivity index (χ0v) is 12.8. The van der Waals surface area contributed by atoms with Crippen molar-refractivity contribution in [1.82, 2.24) is 15.2 Å². The van der Waals surface area contributed by atoms with Gasteiger partial charge in [0, 0.05) is 12.2 Å². The molecule has 1 saturated heterocycles. The lowest BCUT2D eigenvalue weighted by molar-refractivity contribution is 0.668. The molecule has 1 atom stereocenters. The van der Waals surface area contributed by atoms with Crippen molar-refractivity contribution in [2.45, 2.75) is 32.7 Å². The van der Waals surface area contributed by atoms with E-state index in [1.165, 1.54) is 0 Å². The highest BCUT2D eigenvalue weighted by atomic mass is 35.5. The topological polar surface area (TPSA) is 68.6 Å². The molecule has 0 spiro atoms. The number of nitrogens with zero attached hydrogens (tertiary/aromatic N) is 4. The van der Waals surface area contributed by atoms with Gasteiger partial charge in [0.15, 0.2) is 5.82 Å². The average molecular weight is 302 g/mol. The highest BCUT2D eigenvalue weighted by Crippen LogP contribution is 2.38. The van der Waals surface area contributed by atoms with Crippen molar-refractivity contribution < 1.29 is 0 Å². The molecular formula is C15H16ClN5. The zero-order valence-electron chi connectivity index (χ0n) is 12.0. The largest absolute Gasteiger partial charge is 0.361 e. The van der Waals surface area contributed by atoms with Crippen LogP contribution in [0, 0.1) is 25.2 Å². The molecule has 0 bridgehead atoms. The van der Waals surface area contributed by atoms with Crippen molar-refractivity contribution >= 4 is 17.3 Å². The summed E-state index contributed by atoms with van der Waals surface area (Å²) in [6.45, 7) is 4.80. The van der Waals surface area contributed by atoms with Crippen LogP contribution in [0.15, 0.2) is 12.1 Å². The number of H-pyrrole nitrogens is 1. The van der Waals surface area contributed by atoms with Gasteiger partial charge in [0.1, 0.15) is 11.9 Å². The van der Waals surface area contributed by atoms with Crippen LogP contribution in [0.2, 0.25) is 5.02 Å². The van der Waals surface area contributed by atoms with E-state index >= 15 is 0 Å². The number of rotatable bonds is 2. The van der Waals surface area contributed by atoms with E-state index < -0.39 is 0 Å². The number of aryl methyl sites for hydroxylation is 1. The molecule has 6 heteroatoms. The SMILES string of the molecule is Cc1nc(C2CCCN2c2ccc(C#N)c(Cl)c2C)n[nH]1. The molecule has 0 aliphatic carbocycles. The van der Waals surface area contributed by atoms with E-state index in [1.54, 1.807) is 6.07 Å². The Labute approximate surface area is 128 Å². The molecule has 2 aromatic rings. The van der Waals surface area contributed by atoms with Crippen LogP contribution in [-0.2, 0) is 0 Å². The second kappa shape index (κ2) is 5.38. The first-order valence-corrected chi connectivity index (χ1v) is 7.34. The second-order valence-electron chi connectivity index (χ2n) is 5.31. The highest BCUT2D eigenvalue weighted by Gasteiger charge is 2.30. The third kappa shape index (κ3) is 2.36. The van der Waals surface area contributed by atoms with Crippen LogP contribution in [0.5, 0.6) is 0 Å². The molecule has 5 nitrogen and oxygen atoms in total. The first-order valence-electron chi connectivity index (χ1n) is 6.96. The lowest BCUT2D eigenvalue weighted by Crippen LogP contribution is -2.24. The number of aromatic nitrogens is 3. The Morgan fingerprint density at radius 1 is 1.43 bits per heavy atom. The maximum Gasteiger partial charge on any atom is 0.173 e. The number of benzene rings is 1. The van der Waals surface area contributed by atoms with Gasteiger partial charge in [0.25, 0.3) is 0 Å². The standard InChI is InChI=1S/C15H16ClN5/c1-9-12(6-5-11(8-17)14(9)16)21-7-3-4-13(21)15-18-10(2)19-20-15/h5-6,13H,3-4,7H2,1-2H3,(H,18,19,20). The minimum absolute atomic E-state index is 0.164. The van der Waals surface area contributed by atoms with Crippen molar-refractivity contribution in [2.24, 2.45) is 0 Å². The molecule has 1 unspecified atom stereocenters. The summed E-state index contributed by atoms with van der Waals surface area (Å²) in [5, 5.41) is 16.8. The van der Waals surface area contributed by atoms with Gasteiger partial charge in [-0.2, -0.15) is 10.4 Å². The number of nitrogens with one attached hydrogen (secondary N) is 1. The fourth-order valence-corrected chi connectivity index (χ4v) is 3.11. The Hall–Kier alpha value is -2.06. The zero-order chi connectivity index (χ0) is 15.0. The van der Waals surface area contributed by atoms with Crippen molar-refractivity contribution in [1.29, 1.82) is 5.26 Å². The van der Waals surface area contributed by atoms with Crippen LogP contribution in [0.4, 0.5) is 5.69 Å². The molecule has 1 N–H and O–H groups in total. The molecule has 0 amide bonds. The van der Waals surface area contributed by atoms with E-state index in [0.717, 1.165) is 42.3 Å². The fraction of sp³-hybridized carbons (Fsp3) is 0.400. The Morgan fingerprint density at radius 2 is 2.24 bits per heavy atom. The third-order valence-corrected chi connectivity index (χ3v) is 4.44. The summed E-state index contributed by atoms with van der Waals surface area (Å²) in [6, 6.07) is 6.04. The van der Waals surface area contributed by atoms with Gasteiger partial charge in [0.2, 0.25) is 0 Å². The van der Waals surface area contributed by atoms with Gasteiger partial charge in [-0.25, -0.2) is 4.98 Å². The van der Waals surface area contributed by atoms with Gasteiger partial charge < -0.3 is 4.90 Å². The number of aromatic amines is 1. The normalized spacial score (nSPS) is 18.0. The summed E-state index contributed by atoms with van der Waals surface area (Å²) in [5.74, 6) is 1.65. The van der Waals surface area contributed by atoms with E-state index in [0.29, 0.717) is 10.6 Å². The predicted molar refractivity (Wildman–Crippen MR) is 81.3 cm³/mol. The van der Waals surface area contributed by atoms with Crippen LogP contribution in [-0.4, -0.2) is 21.7 Å². The van der Waals surface area contributed by atoms with Crippen LogP contribution in [0.3, 0.4) is 0 Å². The monoisotopic (exact) mass is 301 g/mol. The maximum atomic E-state index is 9.06. The molecule has 1 aromatic carbocycles. The molecule has 3 rings (SSSR count). The van der Waals surface area contributed by atoms with Crippen molar-refractivity contribution in [3.05, 3.63) is 39.9 Å². The summed E-state index contributed by atoms with van der Waals surface area (Å²) in [4.78, 5) is 6.74. The quantitative estimate of drug-likeness (QED) is 0.924. The van der Waals surface area contributed by atoms with Crippen LogP contribution in [0.25, 0.3) is 0 Å². The van der Waals surface area contributed by atoms with Gasteiger partial charge in [0.05, 0.1) is 16.6 Å². The summed E-state index contributed by atoms with van der Waals surface area (Å²) in [6.07, 6.45) is 2.11. The molecule has 1 aliphatic heterocycles. The highest BCUT2D eigenvalue weighted by molar-refractivity contribution is 6.32. The van der Waals surface area contributed by atoms with Gasteiger partial charge in [-0.1, -0.05) is 11.6 Å². The molecular weight excluding hydrogens is 286 g/mol. The summed E-state index contributed by atoms with van der Waals surface area (Å²) < 4.78 is 0. The Balaban J connectivity index is 2.00. The van der Waals surface area contributed by atoms with Crippen molar-refractivity contribution in [3.63, 3.8) is 0 Å². The van der Waals surface area contributed by atoms with Crippen molar-refractivity contribution in [2.75, 3.05) is 11.4 Å². The third-order valence-electron chi connectivity index (χ3n) is 3.95. The van der Waals surface area contributed by atoms with Gasteiger partial charge >= 0.3 is 0 Å². The predicted octanol–water partition coefficient (Wildman–Crippen LogP) is 3.29. The molecule has 1 fully saturated rings. The van der Waals surface area contributed by atoms with E-state index in [4.69, 9.17) is 16.9 Å². The molecule has 1 aromatic heterocycles. The average Bonchev–Trinajstić information content (AvgIpc) is 3.10.